The van der Waals surface area contributed by atoms with Crippen LogP contribution in [0.5, 0.6) is 0 Å². The highest BCUT2D eigenvalue weighted by Crippen LogP contribution is 2.27. The van der Waals surface area contributed by atoms with Crippen LogP contribution < -0.4 is 5.73 Å². The third kappa shape index (κ3) is 4.10. The zero-order chi connectivity index (χ0) is 16.9. The first-order valence-electron chi connectivity index (χ1n) is 7.99. The minimum atomic E-state index is -3.56. The SMILES string of the molecule is CCOC(=O)c1ccc(S(=O)(=O)N2CCCCC2CCN)cc1. The summed E-state index contributed by atoms with van der Waals surface area (Å²) in [7, 11) is -3.56. The molecule has 1 heterocycles. The molecule has 1 aromatic rings. The van der Waals surface area contributed by atoms with Gasteiger partial charge in [-0.2, -0.15) is 4.31 Å². The van der Waals surface area contributed by atoms with Crippen molar-refractivity contribution in [3.63, 3.8) is 0 Å². The maximum atomic E-state index is 12.8. The molecule has 1 unspecified atom stereocenters. The number of ether oxygens (including phenoxy) is 1. The quantitative estimate of drug-likeness (QED) is 0.797. The first kappa shape index (κ1) is 17.9. The highest BCUT2D eigenvalue weighted by Gasteiger charge is 2.32. The molecular weight excluding hydrogens is 316 g/mol. The van der Waals surface area contributed by atoms with Crippen molar-refractivity contribution in [2.45, 2.75) is 43.5 Å². The van der Waals surface area contributed by atoms with Gasteiger partial charge in [0, 0.05) is 12.6 Å². The zero-order valence-electron chi connectivity index (χ0n) is 13.4. The summed E-state index contributed by atoms with van der Waals surface area (Å²) in [6.45, 7) is 3.00. The monoisotopic (exact) mass is 340 g/mol. The van der Waals surface area contributed by atoms with E-state index in [1.54, 1.807) is 11.2 Å². The first-order valence-corrected chi connectivity index (χ1v) is 9.43. The average Bonchev–Trinajstić information content (AvgIpc) is 2.56. The number of piperidine rings is 1. The Labute approximate surface area is 137 Å². The lowest BCUT2D eigenvalue weighted by Gasteiger charge is -2.34. The van der Waals surface area contributed by atoms with Gasteiger partial charge in [0.05, 0.1) is 17.1 Å². The van der Waals surface area contributed by atoms with Gasteiger partial charge in [-0.15, -0.1) is 0 Å². The van der Waals surface area contributed by atoms with Crippen LogP contribution in [0.3, 0.4) is 0 Å². The fraction of sp³-hybridized carbons (Fsp3) is 0.562. The second-order valence-corrected chi connectivity index (χ2v) is 7.48. The van der Waals surface area contributed by atoms with Gasteiger partial charge in [0.25, 0.3) is 0 Å². The van der Waals surface area contributed by atoms with Crippen LogP contribution in [0, 0.1) is 0 Å². The Kier molecular flexibility index (Phi) is 6.15. The summed E-state index contributed by atoms with van der Waals surface area (Å²) in [5.41, 5.74) is 5.96. The number of carbonyl (C=O) groups excluding carboxylic acids is 1. The van der Waals surface area contributed by atoms with Crippen LogP contribution >= 0.6 is 0 Å². The standard InChI is InChI=1S/C16H24N2O4S/c1-2-22-16(19)13-6-8-15(9-7-13)23(20,21)18-12-4-3-5-14(18)10-11-17/h6-9,14H,2-5,10-12,17H2,1H3. The normalized spacial score (nSPS) is 19.5. The van der Waals surface area contributed by atoms with E-state index in [9.17, 15) is 13.2 Å². The average molecular weight is 340 g/mol. The Morgan fingerprint density at radius 3 is 2.61 bits per heavy atom. The molecule has 1 aliphatic heterocycles. The van der Waals surface area contributed by atoms with Gasteiger partial charge in [0.1, 0.15) is 0 Å². The summed E-state index contributed by atoms with van der Waals surface area (Å²) in [5, 5.41) is 0. The molecule has 1 atom stereocenters. The minimum absolute atomic E-state index is 0.0384. The van der Waals surface area contributed by atoms with Crippen LogP contribution in [0.2, 0.25) is 0 Å². The maximum absolute atomic E-state index is 12.8. The minimum Gasteiger partial charge on any atom is -0.462 e. The molecule has 0 bridgehead atoms. The molecule has 128 valence electrons. The predicted molar refractivity (Wildman–Crippen MR) is 87.6 cm³/mol. The summed E-state index contributed by atoms with van der Waals surface area (Å²) in [4.78, 5) is 11.9. The summed E-state index contributed by atoms with van der Waals surface area (Å²) in [6, 6.07) is 5.88. The molecular formula is C16H24N2O4S. The van der Waals surface area contributed by atoms with Crippen molar-refractivity contribution < 1.29 is 17.9 Å². The number of benzene rings is 1. The van der Waals surface area contributed by atoms with Crippen LogP contribution in [-0.4, -0.2) is 44.4 Å². The number of esters is 1. The molecule has 1 aromatic carbocycles. The number of nitrogens with two attached hydrogens (primary N) is 1. The van der Waals surface area contributed by atoms with E-state index >= 15 is 0 Å². The number of sulfonamides is 1. The molecule has 2 rings (SSSR count). The highest BCUT2D eigenvalue weighted by molar-refractivity contribution is 7.89. The summed E-state index contributed by atoms with van der Waals surface area (Å²) < 4.78 is 32.2. The van der Waals surface area contributed by atoms with E-state index in [-0.39, 0.29) is 17.5 Å². The fourth-order valence-electron chi connectivity index (χ4n) is 2.88. The van der Waals surface area contributed by atoms with Crippen molar-refractivity contribution in [3.05, 3.63) is 29.8 Å². The number of carbonyl (C=O) groups is 1. The topological polar surface area (TPSA) is 89.7 Å². The third-order valence-electron chi connectivity index (χ3n) is 4.05. The van der Waals surface area contributed by atoms with Gasteiger partial charge in [-0.05, 0) is 57.0 Å². The molecule has 0 aliphatic carbocycles. The van der Waals surface area contributed by atoms with Gasteiger partial charge in [-0.1, -0.05) is 6.42 Å². The van der Waals surface area contributed by atoms with Crippen LogP contribution in [0.15, 0.2) is 29.2 Å². The molecule has 7 heteroatoms. The van der Waals surface area contributed by atoms with Gasteiger partial charge in [0.2, 0.25) is 10.0 Å². The number of nitrogens with zero attached hydrogens (tertiary/aromatic N) is 1. The predicted octanol–water partition coefficient (Wildman–Crippen LogP) is 1.76. The van der Waals surface area contributed by atoms with E-state index in [1.807, 2.05) is 0 Å². The van der Waals surface area contributed by atoms with Crippen LogP contribution in [-0.2, 0) is 14.8 Å². The summed E-state index contributed by atoms with van der Waals surface area (Å²) in [6.07, 6.45) is 3.40. The fourth-order valence-corrected chi connectivity index (χ4v) is 4.61. The van der Waals surface area contributed by atoms with Gasteiger partial charge in [0.15, 0.2) is 0 Å². The lowest BCUT2D eigenvalue weighted by atomic mass is 10.0. The van der Waals surface area contributed by atoms with Crippen molar-refractivity contribution in [2.75, 3.05) is 19.7 Å². The molecule has 0 amide bonds. The van der Waals surface area contributed by atoms with Crippen molar-refractivity contribution in [1.29, 1.82) is 0 Å². The van der Waals surface area contributed by atoms with Crippen LogP contribution in [0.25, 0.3) is 0 Å². The van der Waals surface area contributed by atoms with Gasteiger partial charge in [-0.3, -0.25) is 0 Å². The van der Waals surface area contributed by atoms with Crippen LogP contribution in [0.1, 0.15) is 43.0 Å². The maximum Gasteiger partial charge on any atom is 0.338 e. The molecule has 6 nitrogen and oxygen atoms in total. The molecule has 0 saturated carbocycles. The molecule has 0 spiro atoms. The Hall–Kier alpha value is -1.44. The Bertz CT molecular complexity index is 626. The van der Waals surface area contributed by atoms with E-state index in [2.05, 4.69) is 0 Å². The molecule has 0 radical (unpaired) electrons. The smallest absolute Gasteiger partial charge is 0.338 e. The molecule has 1 aliphatic rings. The Balaban J connectivity index is 2.22. The summed E-state index contributed by atoms with van der Waals surface area (Å²) >= 11 is 0. The van der Waals surface area contributed by atoms with Gasteiger partial charge >= 0.3 is 5.97 Å². The summed E-state index contributed by atoms with van der Waals surface area (Å²) in [5.74, 6) is -0.449. The molecule has 2 N–H and O–H groups in total. The highest BCUT2D eigenvalue weighted by atomic mass is 32.2. The first-order chi connectivity index (χ1) is 11.0. The van der Waals surface area contributed by atoms with E-state index in [4.69, 9.17) is 10.5 Å². The van der Waals surface area contributed by atoms with Crippen molar-refractivity contribution in [2.24, 2.45) is 5.73 Å². The van der Waals surface area contributed by atoms with Gasteiger partial charge in [-0.25, -0.2) is 13.2 Å². The van der Waals surface area contributed by atoms with E-state index in [1.165, 1.54) is 24.3 Å². The number of hydrogen-bond donors (Lipinski definition) is 1. The largest absolute Gasteiger partial charge is 0.462 e. The van der Waals surface area contributed by atoms with E-state index < -0.39 is 16.0 Å². The van der Waals surface area contributed by atoms with E-state index in [0.29, 0.717) is 25.1 Å². The molecule has 1 saturated heterocycles. The molecule has 1 fully saturated rings. The van der Waals surface area contributed by atoms with Crippen LogP contribution in [0.4, 0.5) is 0 Å². The van der Waals surface area contributed by atoms with Crippen molar-refractivity contribution in [1.82, 2.24) is 4.31 Å². The van der Waals surface area contributed by atoms with Gasteiger partial charge < -0.3 is 10.5 Å². The Morgan fingerprint density at radius 2 is 2.00 bits per heavy atom. The van der Waals surface area contributed by atoms with E-state index in [0.717, 1.165) is 19.3 Å². The third-order valence-corrected chi connectivity index (χ3v) is 6.01. The van der Waals surface area contributed by atoms with Crippen molar-refractivity contribution in [3.8, 4) is 0 Å². The van der Waals surface area contributed by atoms with Crippen molar-refractivity contribution >= 4 is 16.0 Å². The number of hydrogen-bond acceptors (Lipinski definition) is 5. The zero-order valence-corrected chi connectivity index (χ0v) is 14.2. The lowest BCUT2D eigenvalue weighted by Crippen LogP contribution is -2.44. The second kappa shape index (κ2) is 7.90. The number of rotatable bonds is 6. The Morgan fingerprint density at radius 1 is 1.30 bits per heavy atom. The molecule has 23 heavy (non-hydrogen) atoms. The second-order valence-electron chi connectivity index (χ2n) is 5.59. The lowest BCUT2D eigenvalue weighted by molar-refractivity contribution is 0.0526. The molecule has 0 aromatic heterocycles.